The Morgan fingerprint density at radius 2 is 1.95 bits per heavy atom. The second-order valence-electron chi connectivity index (χ2n) is 4.99. The highest BCUT2D eigenvalue weighted by molar-refractivity contribution is 7.92. The number of benzene rings is 1. The van der Waals surface area contributed by atoms with Gasteiger partial charge in [-0.15, -0.1) is 0 Å². The van der Waals surface area contributed by atoms with Crippen LogP contribution in [0.5, 0.6) is 0 Å². The van der Waals surface area contributed by atoms with Crippen molar-refractivity contribution >= 4 is 19.9 Å². The van der Waals surface area contributed by atoms with E-state index in [0.717, 1.165) is 5.56 Å². The first-order chi connectivity index (χ1) is 8.70. The Labute approximate surface area is 114 Å². The van der Waals surface area contributed by atoms with E-state index in [-0.39, 0.29) is 16.4 Å². The smallest absolute Gasteiger partial charge is 0.229 e. The van der Waals surface area contributed by atoms with E-state index in [0.29, 0.717) is 12.0 Å². The van der Waals surface area contributed by atoms with Crippen LogP contribution < -0.4 is 4.72 Å². The third-order valence-electron chi connectivity index (χ3n) is 3.17. The quantitative estimate of drug-likeness (QED) is 0.894. The van der Waals surface area contributed by atoms with E-state index in [9.17, 15) is 16.8 Å². The molecule has 1 N–H and O–H groups in total. The van der Waals surface area contributed by atoms with Crippen molar-refractivity contribution in [3.63, 3.8) is 0 Å². The third-order valence-corrected chi connectivity index (χ3v) is 6.62. The van der Waals surface area contributed by atoms with Gasteiger partial charge >= 0.3 is 0 Å². The van der Waals surface area contributed by atoms with Gasteiger partial charge < -0.3 is 0 Å². The first-order valence-corrected chi connectivity index (χ1v) is 9.30. The number of aryl methyl sites for hydroxylation is 2. The standard InChI is InChI=1S/C12H17NO4S2/c1-9-3-4-12(10(2)7-9)19(16,17)13-11-5-6-18(14,15)8-11/h3-4,7,11,13H,5-6,8H2,1-2H3. The van der Waals surface area contributed by atoms with Crippen molar-refractivity contribution in [3.05, 3.63) is 29.3 Å². The van der Waals surface area contributed by atoms with Crippen LogP contribution >= 0.6 is 0 Å². The first-order valence-electron chi connectivity index (χ1n) is 6.00. The van der Waals surface area contributed by atoms with Crippen LogP contribution in [-0.2, 0) is 19.9 Å². The lowest BCUT2D eigenvalue weighted by Gasteiger charge is -2.13. The highest BCUT2D eigenvalue weighted by Gasteiger charge is 2.31. The van der Waals surface area contributed by atoms with E-state index in [1.165, 1.54) is 0 Å². The minimum absolute atomic E-state index is 0.0487. The molecule has 0 saturated carbocycles. The largest absolute Gasteiger partial charge is 0.241 e. The molecule has 1 heterocycles. The molecule has 1 aliphatic heterocycles. The summed E-state index contributed by atoms with van der Waals surface area (Å²) in [7, 11) is -6.75. The topological polar surface area (TPSA) is 80.3 Å². The monoisotopic (exact) mass is 303 g/mol. The van der Waals surface area contributed by atoms with Gasteiger partial charge in [0.05, 0.1) is 16.4 Å². The average Bonchev–Trinajstić information content (AvgIpc) is 2.56. The van der Waals surface area contributed by atoms with Crippen LogP contribution in [0.3, 0.4) is 0 Å². The summed E-state index contributed by atoms with van der Waals surface area (Å²) in [5.41, 5.74) is 1.65. The Morgan fingerprint density at radius 3 is 2.47 bits per heavy atom. The normalized spacial score (nSPS) is 22.5. The van der Waals surface area contributed by atoms with E-state index in [1.807, 2.05) is 6.92 Å². The van der Waals surface area contributed by atoms with Gasteiger partial charge in [-0.3, -0.25) is 0 Å². The molecule has 5 nitrogen and oxygen atoms in total. The molecule has 0 bridgehead atoms. The van der Waals surface area contributed by atoms with Gasteiger partial charge in [-0.25, -0.2) is 21.6 Å². The van der Waals surface area contributed by atoms with Gasteiger partial charge in [0.25, 0.3) is 0 Å². The van der Waals surface area contributed by atoms with Crippen molar-refractivity contribution < 1.29 is 16.8 Å². The molecule has 7 heteroatoms. The fourth-order valence-electron chi connectivity index (χ4n) is 2.27. The summed E-state index contributed by atoms with van der Waals surface area (Å²) in [6.07, 6.45) is 0.340. The van der Waals surface area contributed by atoms with Crippen LogP contribution in [0.2, 0.25) is 0 Å². The van der Waals surface area contributed by atoms with Crippen molar-refractivity contribution in [2.75, 3.05) is 11.5 Å². The molecule has 1 aromatic carbocycles. The molecule has 1 aliphatic rings. The maximum absolute atomic E-state index is 12.2. The highest BCUT2D eigenvalue weighted by Crippen LogP contribution is 2.19. The summed E-state index contributed by atoms with van der Waals surface area (Å²) in [4.78, 5) is 0.211. The second kappa shape index (κ2) is 4.88. The van der Waals surface area contributed by atoms with Crippen molar-refractivity contribution in [2.24, 2.45) is 0 Å². The Hall–Kier alpha value is -0.920. The molecular weight excluding hydrogens is 286 g/mol. The number of rotatable bonds is 3. The predicted octanol–water partition coefficient (Wildman–Crippen LogP) is 0.769. The molecule has 1 aromatic rings. The lowest BCUT2D eigenvalue weighted by atomic mass is 10.2. The minimum atomic E-state index is -3.66. The molecule has 1 unspecified atom stereocenters. The van der Waals surface area contributed by atoms with Gasteiger partial charge in [-0.05, 0) is 31.9 Å². The third kappa shape index (κ3) is 3.34. The van der Waals surface area contributed by atoms with Crippen molar-refractivity contribution in [2.45, 2.75) is 31.2 Å². The highest BCUT2D eigenvalue weighted by atomic mass is 32.2. The molecule has 0 radical (unpaired) electrons. The number of sulfonamides is 1. The minimum Gasteiger partial charge on any atom is -0.229 e. The maximum Gasteiger partial charge on any atom is 0.241 e. The zero-order valence-electron chi connectivity index (χ0n) is 10.9. The summed E-state index contributed by atoms with van der Waals surface area (Å²) in [6, 6.07) is 4.55. The molecule has 1 fully saturated rings. The Balaban J connectivity index is 2.24. The second-order valence-corrected chi connectivity index (χ2v) is 8.90. The average molecular weight is 303 g/mol. The number of hydrogen-bond acceptors (Lipinski definition) is 4. The van der Waals surface area contributed by atoms with Gasteiger partial charge in [-0.1, -0.05) is 17.7 Å². The molecule has 0 aliphatic carbocycles. The van der Waals surface area contributed by atoms with E-state index in [1.54, 1.807) is 25.1 Å². The van der Waals surface area contributed by atoms with E-state index >= 15 is 0 Å². The molecule has 1 atom stereocenters. The first kappa shape index (κ1) is 14.5. The Kier molecular flexibility index (Phi) is 3.72. The van der Waals surface area contributed by atoms with Crippen LogP contribution in [-0.4, -0.2) is 34.4 Å². The van der Waals surface area contributed by atoms with Crippen LogP contribution in [0.1, 0.15) is 17.5 Å². The summed E-state index contributed by atoms with van der Waals surface area (Å²) < 4.78 is 49.6. The molecule has 1 saturated heterocycles. The van der Waals surface area contributed by atoms with Crippen molar-refractivity contribution in [1.82, 2.24) is 4.72 Å². The van der Waals surface area contributed by atoms with Gasteiger partial charge in [0, 0.05) is 6.04 Å². The zero-order chi connectivity index (χ0) is 14.3. The van der Waals surface area contributed by atoms with Crippen molar-refractivity contribution in [1.29, 1.82) is 0 Å². The lowest BCUT2D eigenvalue weighted by Crippen LogP contribution is -2.35. The molecule has 0 spiro atoms. The summed E-state index contributed by atoms with van der Waals surface area (Å²) in [6.45, 7) is 3.62. The van der Waals surface area contributed by atoms with Crippen LogP contribution in [0, 0.1) is 13.8 Å². The van der Waals surface area contributed by atoms with Crippen LogP contribution in [0.25, 0.3) is 0 Å². The summed E-state index contributed by atoms with van der Waals surface area (Å²) >= 11 is 0. The predicted molar refractivity (Wildman–Crippen MR) is 73.3 cm³/mol. The van der Waals surface area contributed by atoms with Crippen LogP contribution in [0.15, 0.2) is 23.1 Å². The Bertz CT molecular complexity index is 692. The van der Waals surface area contributed by atoms with Gasteiger partial charge in [-0.2, -0.15) is 0 Å². The zero-order valence-corrected chi connectivity index (χ0v) is 12.5. The van der Waals surface area contributed by atoms with Gasteiger partial charge in [0.2, 0.25) is 10.0 Å². The number of sulfone groups is 1. The maximum atomic E-state index is 12.2. The number of hydrogen-bond donors (Lipinski definition) is 1. The van der Waals surface area contributed by atoms with Crippen molar-refractivity contribution in [3.8, 4) is 0 Å². The number of nitrogens with one attached hydrogen (secondary N) is 1. The van der Waals surface area contributed by atoms with Crippen LogP contribution in [0.4, 0.5) is 0 Å². The fourth-order valence-corrected chi connectivity index (χ4v) is 5.55. The molecule has 106 valence electrons. The fraction of sp³-hybridized carbons (Fsp3) is 0.500. The molecule has 2 rings (SSSR count). The summed E-state index contributed by atoms with van der Waals surface area (Å²) in [5, 5.41) is 0. The van der Waals surface area contributed by atoms with E-state index in [4.69, 9.17) is 0 Å². The molecular formula is C12H17NO4S2. The molecule has 19 heavy (non-hydrogen) atoms. The van der Waals surface area contributed by atoms with E-state index < -0.39 is 25.9 Å². The SMILES string of the molecule is Cc1ccc(S(=O)(=O)NC2CCS(=O)(=O)C2)c(C)c1. The summed E-state index contributed by atoms with van der Waals surface area (Å²) in [5.74, 6) is -0.0653. The lowest BCUT2D eigenvalue weighted by molar-refractivity contribution is 0.562. The molecule has 0 amide bonds. The van der Waals surface area contributed by atoms with Gasteiger partial charge in [0.15, 0.2) is 9.84 Å². The molecule has 0 aromatic heterocycles. The Morgan fingerprint density at radius 1 is 1.26 bits per heavy atom. The van der Waals surface area contributed by atoms with E-state index in [2.05, 4.69) is 4.72 Å². The van der Waals surface area contributed by atoms with Gasteiger partial charge in [0.1, 0.15) is 0 Å².